The standard InChI is InChI=1S/C15H26N2O3/c1-11-8-12(2)10-16(9-11)14(20)17-7-5-4-6-15(17,3)13(18)19/h11-12H,4-10H2,1-3H3,(H,18,19). The lowest BCUT2D eigenvalue weighted by atomic mass is 9.88. The Morgan fingerprint density at radius 3 is 2.30 bits per heavy atom. The number of carbonyl (C=O) groups excluding carboxylic acids is 1. The summed E-state index contributed by atoms with van der Waals surface area (Å²) in [6.07, 6.45) is 3.46. The predicted octanol–water partition coefficient (Wildman–Crippen LogP) is 2.41. The molecule has 0 spiro atoms. The Morgan fingerprint density at radius 2 is 1.75 bits per heavy atom. The molecular weight excluding hydrogens is 256 g/mol. The number of hydrogen-bond acceptors (Lipinski definition) is 2. The summed E-state index contributed by atoms with van der Waals surface area (Å²) < 4.78 is 0. The van der Waals surface area contributed by atoms with Crippen molar-refractivity contribution in [2.75, 3.05) is 19.6 Å². The molecule has 2 aliphatic heterocycles. The van der Waals surface area contributed by atoms with Gasteiger partial charge in [-0.2, -0.15) is 0 Å². The molecule has 0 saturated carbocycles. The number of aliphatic carboxylic acids is 1. The van der Waals surface area contributed by atoms with E-state index in [9.17, 15) is 14.7 Å². The fourth-order valence-corrected chi connectivity index (χ4v) is 3.64. The van der Waals surface area contributed by atoms with Gasteiger partial charge in [0.25, 0.3) is 0 Å². The molecule has 3 atom stereocenters. The van der Waals surface area contributed by atoms with Crippen LogP contribution in [0, 0.1) is 11.8 Å². The first kappa shape index (κ1) is 15.1. The largest absolute Gasteiger partial charge is 0.480 e. The van der Waals surface area contributed by atoms with Crippen molar-refractivity contribution < 1.29 is 14.7 Å². The molecule has 0 radical (unpaired) electrons. The van der Waals surface area contributed by atoms with E-state index in [0.29, 0.717) is 24.8 Å². The third kappa shape index (κ3) is 2.76. The lowest BCUT2D eigenvalue weighted by Crippen LogP contribution is -2.61. The van der Waals surface area contributed by atoms with Crippen LogP contribution in [-0.2, 0) is 4.79 Å². The van der Waals surface area contributed by atoms with Crippen molar-refractivity contribution in [3.8, 4) is 0 Å². The Balaban J connectivity index is 2.15. The van der Waals surface area contributed by atoms with Crippen LogP contribution in [0.5, 0.6) is 0 Å². The van der Waals surface area contributed by atoms with Gasteiger partial charge in [0, 0.05) is 19.6 Å². The Morgan fingerprint density at radius 1 is 1.15 bits per heavy atom. The van der Waals surface area contributed by atoms with E-state index in [0.717, 1.165) is 32.4 Å². The number of piperidine rings is 2. The van der Waals surface area contributed by atoms with Crippen LogP contribution in [-0.4, -0.2) is 52.1 Å². The Hall–Kier alpha value is -1.26. The zero-order valence-corrected chi connectivity index (χ0v) is 12.8. The van der Waals surface area contributed by atoms with E-state index in [1.165, 1.54) is 0 Å². The minimum absolute atomic E-state index is 0.0898. The summed E-state index contributed by atoms with van der Waals surface area (Å²) in [4.78, 5) is 27.8. The molecule has 3 unspecified atom stereocenters. The second-order valence-electron chi connectivity index (χ2n) is 6.82. The zero-order chi connectivity index (χ0) is 14.9. The van der Waals surface area contributed by atoms with Crippen LogP contribution in [0.4, 0.5) is 4.79 Å². The van der Waals surface area contributed by atoms with Gasteiger partial charge < -0.3 is 14.9 Å². The van der Waals surface area contributed by atoms with Crippen LogP contribution in [0.1, 0.15) is 46.5 Å². The van der Waals surface area contributed by atoms with Crippen molar-refractivity contribution in [3.63, 3.8) is 0 Å². The van der Waals surface area contributed by atoms with Gasteiger partial charge in [-0.25, -0.2) is 9.59 Å². The van der Waals surface area contributed by atoms with Gasteiger partial charge in [-0.05, 0) is 44.4 Å². The lowest BCUT2D eigenvalue weighted by Gasteiger charge is -2.45. The van der Waals surface area contributed by atoms with Gasteiger partial charge >= 0.3 is 12.0 Å². The van der Waals surface area contributed by atoms with Crippen molar-refractivity contribution in [3.05, 3.63) is 0 Å². The van der Waals surface area contributed by atoms with E-state index in [1.54, 1.807) is 11.8 Å². The van der Waals surface area contributed by atoms with Crippen LogP contribution in [0.25, 0.3) is 0 Å². The molecular formula is C15H26N2O3. The quantitative estimate of drug-likeness (QED) is 0.803. The maximum Gasteiger partial charge on any atom is 0.329 e. The normalized spacial score (nSPS) is 35.0. The molecule has 2 saturated heterocycles. The van der Waals surface area contributed by atoms with Gasteiger partial charge in [0.15, 0.2) is 0 Å². The molecule has 0 bridgehead atoms. The number of amides is 2. The SMILES string of the molecule is CC1CC(C)CN(C(=O)N2CCCCC2(C)C(=O)O)C1. The second-order valence-corrected chi connectivity index (χ2v) is 6.82. The number of urea groups is 1. The molecule has 20 heavy (non-hydrogen) atoms. The van der Waals surface area contributed by atoms with Crippen molar-refractivity contribution in [1.29, 1.82) is 0 Å². The van der Waals surface area contributed by atoms with E-state index in [2.05, 4.69) is 13.8 Å². The molecule has 2 aliphatic rings. The molecule has 0 aromatic carbocycles. The topological polar surface area (TPSA) is 60.9 Å². The van der Waals surface area contributed by atoms with Gasteiger partial charge in [-0.15, -0.1) is 0 Å². The van der Waals surface area contributed by atoms with Gasteiger partial charge in [-0.3, -0.25) is 0 Å². The highest BCUT2D eigenvalue weighted by Gasteiger charge is 2.45. The van der Waals surface area contributed by atoms with Gasteiger partial charge in [0.1, 0.15) is 5.54 Å². The highest BCUT2D eigenvalue weighted by molar-refractivity contribution is 5.86. The highest BCUT2D eigenvalue weighted by Crippen LogP contribution is 2.31. The summed E-state index contributed by atoms with van der Waals surface area (Å²) in [5, 5.41) is 9.51. The number of carboxylic acid groups (broad SMARTS) is 1. The van der Waals surface area contributed by atoms with Crippen molar-refractivity contribution in [1.82, 2.24) is 9.80 Å². The molecule has 2 rings (SSSR count). The maximum atomic E-state index is 12.8. The number of hydrogen-bond donors (Lipinski definition) is 1. The van der Waals surface area contributed by atoms with Crippen molar-refractivity contribution >= 4 is 12.0 Å². The molecule has 5 heteroatoms. The third-order valence-corrected chi connectivity index (χ3v) is 4.72. The van der Waals surface area contributed by atoms with Crippen LogP contribution in [0.3, 0.4) is 0 Å². The Labute approximate surface area is 120 Å². The molecule has 0 aliphatic carbocycles. The van der Waals surface area contributed by atoms with Gasteiger partial charge in [0.05, 0.1) is 0 Å². The second kappa shape index (κ2) is 5.62. The first-order valence-electron chi connectivity index (χ1n) is 7.64. The molecule has 0 aromatic heterocycles. The monoisotopic (exact) mass is 282 g/mol. The number of carboxylic acids is 1. The van der Waals surface area contributed by atoms with Gasteiger partial charge in [-0.1, -0.05) is 13.8 Å². The highest BCUT2D eigenvalue weighted by atomic mass is 16.4. The third-order valence-electron chi connectivity index (χ3n) is 4.72. The minimum atomic E-state index is -1.04. The summed E-state index contributed by atoms with van der Waals surface area (Å²) in [5.74, 6) is 0.0933. The Kier molecular flexibility index (Phi) is 4.25. The molecule has 0 aromatic rings. The average molecular weight is 282 g/mol. The summed E-state index contributed by atoms with van der Waals surface area (Å²) >= 11 is 0. The predicted molar refractivity (Wildman–Crippen MR) is 76.5 cm³/mol. The fourth-order valence-electron chi connectivity index (χ4n) is 3.64. The van der Waals surface area contributed by atoms with E-state index in [4.69, 9.17) is 0 Å². The average Bonchev–Trinajstić information content (AvgIpc) is 2.37. The van der Waals surface area contributed by atoms with Crippen molar-refractivity contribution in [2.24, 2.45) is 11.8 Å². The summed E-state index contributed by atoms with van der Waals surface area (Å²) in [6.45, 7) is 8.04. The molecule has 2 heterocycles. The molecule has 114 valence electrons. The summed E-state index contributed by atoms with van der Waals surface area (Å²) in [7, 11) is 0. The number of rotatable bonds is 1. The molecule has 2 amide bonds. The number of carbonyl (C=O) groups is 2. The molecule has 2 fully saturated rings. The summed E-state index contributed by atoms with van der Waals surface area (Å²) in [6, 6.07) is -0.0898. The number of likely N-dealkylation sites (tertiary alicyclic amines) is 2. The van der Waals surface area contributed by atoms with Crippen LogP contribution in [0.2, 0.25) is 0 Å². The van der Waals surface area contributed by atoms with E-state index >= 15 is 0 Å². The fraction of sp³-hybridized carbons (Fsp3) is 0.867. The van der Waals surface area contributed by atoms with Gasteiger partial charge in [0.2, 0.25) is 0 Å². The minimum Gasteiger partial charge on any atom is -0.480 e. The van der Waals surface area contributed by atoms with E-state index < -0.39 is 11.5 Å². The molecule has 5 nitrogen and oxygen atoms in total. The Bertz CT molecular complexity index is 389. The maximum absolute atomic E-state index is 12.8. The van der Waals surface area contributed by atoms with E-state index in [-0.39, 0.29) is 6.03 Å². The first-order valence-corrected chi connectivity index (χ1v) is 7.64. The van der Waals surface area contributed by atoms with Crippen LogP contribution >= 0.6 is 0 Å². The van der Waals surface area contributed by atoms with E-state index in [1.807, 2.05) is 4.90 Å². The van der Waals surface area contributed by atoms with Crippen molar-refractivity contribution in [2.45, 2.75) is 52.0 Å². The zero-order valence-electron chi connectivity index (χ0n) is 12.8. The van der Waals surface area contributed by atoms with Crippen LogP contribution < -0.4 is 0 Å². The first-order chi connectivity index (χ1) is 9.34. The lowest BCUT2D eigenvalue weighted by molar-refractivity contribution is -0.151. The smallest absolute Gasteiger partial charge is 0.329 e. The number of nitrogens with zero attached hydrogens (tertiary/aromatic N) is 2. The van der Waals surface area contributed by atoms with Crippen LogP contribution in [0.15, 0.2) is 0 Å². The molecule has 1 N–H and O–H groups in total. The summed E-state index contributed by atoms with van der Waals surface area (Å²) in [5.41, 5.74) is -1.04.